The largest absolute Gasteiger partial charge is 0.456 e. The van der Waals surface area contributed by atoms with Crippen LogP contribution in [0.2, 0.25) is 0 Å². The molecule has 0 aromatic carbocycles. The number of nitrogens with two attached hydrogens (primary N) is 1. The van der Waals surface area contributed by atoms with Gasteiger partial charge in [-0.1, -0.05) is 6.92 Å². The number of hydrogen-bond acceptors (Lipinski definition) is 6. The summed E-state index contributed by atoms with van der Waals surface area (Å²) in [6, 6.07) is 5.49. The Kier molecular flexibility index (Phi) is 4.26. The molecule has 92 valence electrons. The van der Waals surface area contributed by atoms with E-state index < -0.39 is 4.93 Å². The van der Waals surface area contributed by atoms with E-state index in [9.17, 15) is 0 Å². The Morgan fingerprint density at radius 1 is 1.39 bits per heavy atom. The lowest BCUT2D eigenvalue weighted by Gasteiger charge is -2.25. The van der Waals surface area contributed by atoms with Crippen molar-refractivity contribution in [2.45, 2.75) is 25.2 Å². The molecule has 2 N–H and O–H groups in total. The maximum absolute atomic E-state index is 9.07. The molecule has 6 heteroatoms. The molecular formula is C12H12N4OS. The van der Waals surface area contributed by atoms with Crippen molar-refractivity contribution in [3.05, 3.63) is 22.6 Å². The number of thioether (sulfide) groups is 1. The second-order valence-electron chi connectivity index (χ2n) is 3.72. The van der Waals surface area contributed by atoms with E-state index in [1.165, 1.54) is 11.8 Å². The fraction of sp³-hybridized carbons (Fsp3) is 0.417. The lowest BCUT2D eigenvalue weighted by Crippen LogP contribution is -2.24. The van der Waals surface area contributed by atoms with Crippen LogP contribution >= 0.6 is 11.8 Å². The molecule has 18 heavy (non-hydrogen) atoms. The van der Waals surface area contributed by atoms with Crippen molar-refractivity contribution in [1.29, 1.82) is 15.8 Å². The van der Waals surface area contributed by atoms with E-state index in [4.69, 9.17) is 26.3 Å². The first-order valence-electron chi connectivity index (χ1n) is 5.32. The summed E-state index contributed by atoms with van der Waals surface area (Å²) in [5, 5.41) is 27.0. The number of ether oxygens (including phenoxy) is 1. The minimum atomic E-state index is -0.939. The summed E-state index contributed by atoms with van der Waals surface area (Å²) in [5.74, 6) is 0.748. The lowest BCUT2D eigenvalue weighted by atomic mass is 9.99. The van der Waals surface area contributed by atoms with E-state index in [1.807, 2.05) is 13.0 Å². The molecular weight excluding hydrogens is 248 g/mol. The van der Waals surface area contributed by atoms with Crippen LogP contribution in [0.1, 0.15) is 20.3 Å². The van der Waals surface area contributed by atoms with Gasteiger partial charge >= 0.3 is 0 Å². The third-order valence-corrected chi connectivity index (χ3v) is 3.87. The summed E-state index contributed by atoms with van der Waals surface area (Å²) in [7, 11) is 0. The zero-order valence-electron chi connectivity index (χ0n) is 10.1. The van der Waals surface area contributed by atoms with Crippen molar-refractivity contribution >= 4 is 11.8 Å². The van der Waals surface area contributed by atoms with Crippen LogP contribution in [-0.4, -0.2) is 10.7 Å². The first kappa shape index (κ1) is 14.0. The Morgan fingerprint density at radius 3 is 2.44 bits per heavy atom. The normalized spacial score (nSPS) is 21.8. The van der Waals surface area contributed by atoms with Crippen molar-refractivity contribution in [1.82, 2.24) is 0 Å². The number of rotatable bonds is 3. The van der Waals surface area contributed by atoms with Crippen molar-refractivity contribution in [2.24, 2.45) is 5.73 Å². The minimum Gasteiger partial charge on any atom is -0.456 e. The van der Waals surface area contributed by atoms with Gasteiger partial charge in [-0.15, -0.1) is 11.8 Å². The lowest BCUT2D eigenvalue weighted by molar-refractivity contribution is 0.150. The van der Waals surface area contributed by atoms with Crippen LogP contribution in [-0.2, 0) is 4.74 Å². The average Bonchev–Trinajstić information content (AvgIpc) is 2.61. The standard InChI is InChI=1S/C12H12N4OS/c1-3-4-18-12(2)10(8(5-13)6-14)9(7-15)11(16)17-12/h3-4,16H2,1-2H3/t12-/m0/s1. The van der Waals surface area contributed by atoms with Crippen LogP contribution in [0.4, 0.5) is 0 Å². The molecule has 1 atom stereocenters. The molecule has 1 aliphatic heterocycles. The summed E-state index contributed by atoms with van der Waals surface area (Å²) in [6.45, 7) is 3.72. The van der Waals surface area contributed by atoms with Crippen LogP contribution in [0.25, 0.3) is 0 Å². The van der Waals surface area contributed by atoms with E-state index in [0.717, 1.165) is 12.2 Å². The second-order valence-corrected chi connectivity index (χ2v) is 5.20. The van der Waals surface area contributed by atoms with Gasteiger partial charge < -0.3 is 10.5 Å². The van der Waals surface area contributed by atoms with Gasteiger partial charge in [-0.3, -0.25) is 0 Å². The first-order chi connectivity index (χ1) is 8.53. The fourth-order valence-corrected chi connectivity index (χ4v) is 2.75. The van der Waals surface area contributed by atoms with Crippen molar-refractivity contribution < 1.29 is 4.74 Å². The zero-order chi connectivity index (χ0) is 13.8. The Hall–Kier alpha value is -2.10. The molecule has 0 aromatic heterocycles. The molecule has 0 aliphatic carbocycles. The summed E-state index contributed by atoms with van der Waals surface area (Å²) in [6.07, 6.45) is 0.910. The van der Waals surface area contributed by atoms with E-state index in [1.54, 1.807) is 19.1 Å². The highest BCUT2D eigenvalue weighted by Crippen LogP contribution is 2.46. The molecule has 0 fully saturated rings. The van der Waals surface area contributed by atoms with Crippen LogP contribution in [0, 0.1) is 34.0 Å². The van der Waals surface area contributed by atoms with Crippen molar-refractivity contribution in [2.75, 3.05) is 5.75 Å². The highest BCUT2D eigenvalue weighted by molar-refractivity contribution is 8.00. The molecule has 0 unspecified atom stereocenters. The van der Waals surface area contributed by atoms with Gasteiger partial charge in [0, 0.05) is 0 Å². The van der Waals surface area contributed by atoms with Gasteiger partial charge in [0.2, 0.25) is 5.88 Å². The molecule has 1 heterocycles. The fourth-order valence-electron chi connectivity index (χ4n) is 1.66. The molecule has 0 spiro atoms. The summed E-state index contributed by atoms with van der Waals surface area (Å²) < 4.78 is 5.49. The number of hydrogen-bond donors (Lipinski definition) is 1. The highest BCUT2D eigenvalue weighted by Gasteiger charge is 2.44. The Bertz CT molecular complexity index is 528. The molecule has 5 nitrogen and oxygen atoms in total. The van der Waals surface area contributed by atoms with Crippen LogP contribution < -0.4 is 5.73 Å². The molecule has 0 bridgehead atoms. The van der Waals surface area contributed by atoms with Crippen LogP contribution in [0.3, 0.4) is 0 Å². The quantitative estimate of drug-likeness (QED) is 0.777. The van der Waals surface area contributed by atoms with Gasteiger partial charge in [-0.05, 0) is 19.1 Å². The van der Waals surface area contributed by atoms with E-state index in [2.05, 4.69) is 0 Å². The van der Waals surface area contributed by atoms with Crippen molar-refractivity contribution in [3.8, 4) is 18.2 Å². The van der Waals surface area contributed by atoms with Gasteiger partial charge in [0.05, 0.1) is 5.57 Å². The zero-order valence-corrected chi connectivity index (χ0v) is 11.0. The van der Waals surface area contributed by atoms with Gasteiger partial charge in [0.1, 0.15) is 29.4 Å². The third-order valence-electron chi connectivity index (χ3n) is 2.42. The SMILES string of the molecule is CCCS[C@]1(C)OC(N)=C(C#N)C1=C(C#N)C#N. The van der Waals surface area contributed by atoms with Crippen LogP contribution in [0.15, 0.2) is 22.6 Å². The topological polar surface area (TPSA) is 107 Å². The minimum absolute atomic E-state index is 0.0263. The summed E-state index contributed by atoms with van der Waals surface area (Å²) in [5.41, 5.74) is 5.88. The van der Waals surface area contributed by atoms with Gasteiger partial charge in [0.15, 0.2) is 4.93 Å². The molecule has 0 saturated carbocycles. The smallest absolute Gasteiger partial charge is 0.204 e. The molecule has 0 amide bonds. The van der Waals surface area contributed by atoms with Gasteiger partial charge in [-0.2, -0.15) is 15.8 Å². The molecule has 0 aromatic rings. The predicted molar refractivity (Wildman–Crippen MR) is 67.3 cm³/mol. The van der Waals surface area contributed by atoms with E-state index >= 15 is 0 Å². The number of allylic oxidation sites excluding steroid dienone is 1. The Morgan fingerprint density at radius 2 is 2.00 bits per heavy atom. The molecule has 0 radical (unpaired) electrons. The van der Waals surface area contributed by atoms with Crippen molar-refractivity contribution in [3.63, 3.8) is 0 Å². The van der Waals surface area contributed by atoms with Gasteiger partial charge in [0.25, 0.3) is 0 Å². The molecule has 0 saturated heterocycles. The van der Waals surface area contributed by atoms with E-state index in [-0.39, 0.29) is 22.6 Å². The maximum Gasteiger partial charge on any atom is 0.204 e. The van der Waals surface area contributed by atoms with E-state index in [0.29, 0.717) is 0 Å². The Balaban J connectivity index is 3.37. The second kappa shape index (κ2) is 5.49. The number of nitrogens with zero attached hydrogens (tertiary/aromatic N) is 3. The Labute approximate surface area is 110 Å². The average molecular weight is 260 g/mol. The monoisotopic (exact) mass is 260 g/mol. The maximum atomic E-state index is 9.07. The highest BCUT2D eigenvalue weighted by atomic mass is 32.2. The van der Waals surface area contributed by atoms with Gasteiger partial charge in [-0.25, -0.2) is 0 Å². The van der Waals surface area contributed by atoms with Crippen LogP contribution in [0.5, 0.6) is 0 Å². The first-order valence-corrected chi connectivity index (χ1v) is 6.30. The molecule has 1 aliphatic rings. The summed E-state index contributed by atoms with van der Waals surface area (Å²) in [4.78, 5) is -0.939. The third kappa shape index (κ3) is 2.27. The summed E-state index contributed by atoms with van der Waals surface area (Å²) >= 11 is 1.42. The number of nitriles is 3. The predicted octanol–water partition coefficient (Wildman–Crippen LogP) is 1.91. The molecule has 1 rings (SSSR count).